The van der Waals surface area contributed by atoms with Crippen LogP contribution in [0.5, 0.6) is 0 Å². The first kappa shape index (κ1) is 9.50. The van der Waals surface area contributed by atoms with Crippen molar-refractivity contribution in [1.82, 2.24) is 0 Å². The highest BCUT2D eigenvalue weighted by Gasteiger charge is 2.23. The summed E-state index contributed by atoms with van der Waals surface area (Å²) in [5.74, 6) is 0.142. The van der Waals surface area contributed by atoms with Crippen LogP contribution in [0.25, 0.3) is 0 Å². The van der Waals surface area contributed by atoms with Crippen molar-refractivity contribution in [2.45, 2.75) is 38.6 Å². The van der Waals surface area contributed by atoms with Gasteiger partial charge >= 0.3 is 0 Å². The smallest absolute Gasteiger partial charge is 0.128 e. The monoisotopic (exact) mass is 193 g/mol. The van der Waals surface area contributed by atoms with Gasteiger partial charge in [0, 0.05) is 17.3 Å². The molecular formula is C12H16FN. The minimum Gasteiger partial charge on any atom is -0.382 e. The summed E-state index contributed by atoms with van der Waals surface area (Å²) in [5.41, 5.74) is 1.79. The van der Waals surface area contributed by atoms with Crippen LogP contribution in [0.4, 0.5) is 10.1 Å². The summed E-state index contributed by atoms with van der Waals surface area (Å²) in [6.45, 7) is 4.05. The third kappa shape index (κ3) is 1.89. The van der Waals surface area contributed by atoms with E-state index >= 15 is 0 Å². The van der Waals surface area contributed by atoms with Crippen LogP contribution >= 0.6 is 0 Å². The van der Waals surface area contributed by atoms with E-state index in [1.54, 1.807) is 6.07 Å². The largest absolute Gasteiger partial charge is 0.382 e. The van der Waals surface area contributed by atoms with Gasteiger partial charge in [0.15, 0.2) is 0 Å². The first-order chi connectivity index (χ1) is 6.68. The summed E-state index contributed by atoms with van der Waals surface area (Å²) in [5, 5.41) is 3.37. The fourth-order valence-electron chi connectivity index (χ4n) is 1.70. The Kier molecular flexibility index (Phi) is 2.44. The molecule has 76 valence electrons. The average molecular weight is 193 g/mol. The number of halogens is 1. The van der Waals surface area contributed by atoms with Crippen molar-refractivity contribution in [3.8, 4) is 0 Å². The summed E-state index contributed by atoms with van der Waals surface area (Å²) in [6, 6.07) is 5.85. The highest BCUT2D eigenvalue weighted by atomic mass is 19.1. The quantitative estimate of drug-likeness (QED) is 0.774. The summed E-state index contributed by atoms with van der Waals surface area (Å²) in [7, 11) is 0. The molecule has 1 saturated carbocycles. The molecule has 1 aromatic carbocycles. The molecule has 1 N–H and O–H groups in total. The Morgan fingerprint density at radius 2 is 2.07 bits per heavy atom. The lowest BCUT2D eigenvalue weighted by Gasteiger charge is -2.14. The van der Waals surface area contributed by atoms with Crippen molar-refractivity contribution >= 4 is 5.69 Å². The molecule has 0 radical (unpaired) electrons. The molecule has 0 bridgehead atoms. The van der Waals surface area contributed by atoms with Crippen LogP contribution in [0.3, 0.4) is 0 Å². The Hall–Kier alpha value is -1.05. The Morgan fingerprint density at radius 3 is 2.64 bits per heavy atom. The van der Waals surface area contributed by atoms with Gasteiger partial charge in [-0.1, -0.05) is 19.9 Å². The molecule has 0 unspecified atom stereocenters. The Bertz CT molecular complexity index is 329. The van der Waals surface area contributed by atoms with Gasteiger partial charge in [0.2, 0.25) is 0 Å². The maximum atomic E-state index is 13.5. The second kappa shape index (κ2) is 3.60. The number of hydrogen-bond acceptors (Lipinski definition) is 1. The van der Waals surface area contributed by atoms with Crippen LogP contribution in [0, 0.1) is 5.82 Å². The van der Waals surface area contributed by atoms with E-state index in [1.807, 2.05) is 19.9 Å². The van der Waals surface area contributed by atoms with Gasteiger partial charge in [-0.3, -0.25) is 0 Å². The minimum atomic E-state index is -0.0920. The standard InChI is InChI=1S/C12H16FN/c1-8(2)12-10(13)4-3-5-11(12)14-9-6-7-9/h3-5,8-9,14H,6-7H2,1-2H3. The topological polar surface area (TPSA) is 12.0 Å². The number of nitrogens with one attached hydrogen (secondary N) is 1. The molecule has 2 heteroatoms. The van der Waals surface area contributed by atoms with Crippen molar-refractivity contribution < 1.29 is 4.39 Å². The summed E-state index contributed by atoms with van der Waals surface area (Å²) >= 11 is 0. The van der Waals surface area contributed by atoms with Crippen LogP contribution in [0.15, 0.2) is 18.2 Å². The zero-order valence-corrected chi connectivity index (χ0v) is 8.68. The fourth-order valence-corrected chi connectivity index (χ4v) is 1.70. The predicted octanol–water partition coefficient (Wildman–Crippen LogP) is 3.52. The Labute approximate surface area is 84.3 Å². The average Bonchev–Trinajstić information content (AvgIpc) is 2.87. The van der Waals surface area contributed by atoms with E-state index in [9.17, 15) is 4.39 Å². The SMILES string of the molecule is CC(C)c1c(F)cccc1NC1CC1. The van der Waals surface area contributed by atoms with E-state index in [0.717, 1.165) is 11.3 Å². The molecular weight excluding hydrogens is 177 g/mol. The Morgan fingerprint density at radius 1 is 1.36 bits per heavy atom. The van der Waals surface area contributed by atoms with E-state index in [-0.39, 0.29) is 11.7 Å². The van der Waals surface area contributed by atoms with Gasteiger partial charge in [-0.25, -0.2) is 4.39 Å². The van der Waals surface area contributed by atoms with Gasteiger partial charge in [0.05, 0.1) is 0 Å². The van der Waals surface area contributed by atoms with Gasteiger partial charge in [0.1, 0.15) is 5.82 Å². The molecule has 0 atom stereocenters. The lowest BCUT2D eigenvalue weighted by Crippen LogP contribution is -2.06. The fraction of sp³-hybridized carbons (Fsp3) is 0.500. The molecule has 1 aliphatic carbocycles. The number of hydrogen-bond donors (Lipinski definition) is 1. The van der Waals surface area contributed by atoms with Gasteiger partial charge in [-0.15, -0.1) is 0 Å². The van der Waals surface area contributed by atoms with Gasteiger partial charge < -0.3 is 5.32 Å². The molecule has 2 rings (SSSR count). The Balaban J connectivity index is 2.30. The maximum Gasteiger partial charge on any atom is 0.128 e. The number of rotatable bonds is 3. The normalized spacial score (nSPS) is 16.0. The van der Waals surface area contributed by atoms with Crippen molar-refractivity contribution in [3.63, 3.8) is 0 Å². The lowest BCUT2D eigenvalue weighted by atomic mass is 10.0. The molecule has 0 amide bonds. The van der Waals surface area contributed by atoms with E-state index in [0.29, 0.717) is 6.04 Å². The van der Waals surface area contributed by atoms with Crippen LogP contribution in [0.1, 0.15) is 38.2 Å². The zero-order chi connectivity index (χ0) is 10.1. The second-order valence-corrected chi connectivity index (χ2v) is 4.27. The molecule has 1 fully saturated rings. The van der Waals surface area contributed by atoms with Crippen LogP contribution in [-0.4, -0.2) is 6.04 Å². The zero-order valence-electron chi connectivity index (χ0n) is 8.68. The van der Waals surface area contributed by atoms with E-state index in [2.05, 4.69) is 5.32 Å². The minimum absolute atomic E-state index is 0.0920. The van der Waals surface area contributed by atoms with Crippen LogP contribution in [0.2, 0.25) is 0 Å². The van der Waals surface area contributed by atoms with Gasteiger partial charge in [0.25, 0.3) is 0 Å². The van der Waals surface area contributed by atoms with Gasteiger partial charge in [-0.05, 0) is 30.9 Å². The first-order valence-electron chi connectivity index (χ1n) is 5.23. The molecule has 1 nitrogen and oxygen atoms in total. The van der Waals surface area contributed by atoms with E-state index in [1.165, 1.54) is 18.9 Å². The molecule has 0 heterocycles. The van der Waals surface area contributed by atoms with Crippen molar-refractivity contribution in [3.05, 3.63) is 29.6 Å². The number of anilines is 1. The summed E-state index contributed by atoms with van der Waals surface area (Å²) in [4.78, 5) is 0. The molecule has 14 heavy (non-hydrogen) atoms. The second-order valence-electron chi connectivity index (χ2n) is 4.27. The number of benzene rings is 1. The molecule has 1 aromatic rings. The third-order valence-electron chi connectivity index (χ3n) is 2.57. The van der Waals surface area contributed by atoms with Crippen molar-refractivity contribution in [2.24, 2.45) is 0 Å². The van der Waals surface area contributed by atoms with Crippen molar-refractivity contribution in [1.29, 1.82) is 0 Å². The highest BCUT2D eigenvalue weighted by molar-refractivity contribution is 5.54. The molecule has 0 aromatic heterocycles. The van der Waals surface area contributed by atoms with Crippen molar-refractivity contribution in [2.75, 3.05) is 5.32 Å². The van der Waals surface area contributed by atoms with Gasteiger partial charge in [-0.2, -0.15) is 0 Å². The summed E-state index contributed by atoms with van der Waals surface area (Å²) in [6.07, 6.45) is 2.43. The third-order valence-corrected chi connectivity index (χ3v) is 2.57. The molecule has 1 aliphatic rings. The summed E-state index contributed by atoms with van der Waals surface area (Å²) < 4.78 is 13.5. The maximum absolute atomic E-state index is 13.5. The predicted molar refractivity (Wildman–Crippen MR) is 57.1 cm³/mol. The molecule has 0 spiro atoms. The van der Waals surface area contributed by atoms with Crippen LogP contribution in [-0.2, 0) is 0 Å². The van der Waals surface area contributed by atoms with E-state index in [4.69, 9.17) is 0 Å². The van der Waals surface area contributed by atoms with Crippen LogP contribution < -0.4 is 5.32 Å². The van der Waals surface area contributed by atoms with E-state index < -0.39 is 0 Å². The molecule has 0 saturated heterocycles. The highest BCUT2D eigenvalue weighted by Crippen LogP contribution is 2.31. The lowest BCUT2D eigenvalue weighted by molar-refractivity contribution is 0.599. The molecule has 0 aliphatic heterocycles. The first-order valence-corrected chi connectivity index (χ1v) is 5.23.